The highest BCUT2D eigenvalue weighted by Crippen LogP contribution is 2.50. The lowest BCUT2D eigenvalue weighted by Gasteiger charge is -2.27. The molecule has 0 bridgehead atoms. The number of benzene rings is 8. The molecule has 0 atom stereocenters. The van der Waals surface area contributed by atoms with Gasteiger partial charge in [-0.1, -0.05) is 147 Å². The van der Waals surface area contributed by atoms with E-state index < -0.39 is 0 Å². The van der Waals surface area contributed by atoms with E-state index >= 15 is 0 Å². The van der Waals surface area contributed by atoms with Crippen LogP contribution in [0.2, 0.25) is 0 Å². The van der Waals surface area contributed by atoms with Crippen LogP contribution in [0.5, 0.6) is 0 Å². The van der Waals surface area contributed by atoms with E-state index in [2.05, 4.69) is 230 Å². The van der Waals surface area contributed by atoms with Gasteiger partial charge in [0.1, 0.15) is 0 Å². The minimum atomic E-state index is -0.0242. The number of hydrogen-bond acceptors (Lipinski definition) is 2. The lowest BCUT2D eigenvalue weighted by atomic mass is 9.82. The molecule has 1 aliphatic rings. The molecular weight excluding hydrogens is 641 g/mol. The fourth-order valence-corrected chi connectivity index (χ4v) is 7.96. The second-order valence-electron chi connectivity index (χ2n) is 14.3. The van der Waals surface area contributed by atoms with Crippen molar-refractivity contribution in [3.63, 3.8) is 0 Å². The Hall–Kier alpha value is -6.64. The van der Waals surface area contributed by atoms with E-state index in [1.807, 2.05) is 0 Å². The molecule has 53 heavy (non-hydrogen) atoms. The highest BCUT2D eigenvalue weighted by Gasteiger charge is 2.35. The Morgan fingerprint density at radius 3 is 1.26 bits per heavy atom. The third kappa shape index (κ3) is 5.99. The summed E-state index contributed by atoms with van der Waals surface area (Å²) in [6.45, 7) is 4.67. The molecule has 0 fully saturated rings. The number of anilines is 6. The van der Waals surface area contributed by atoms with Crippen molar-refractivity contribution in [2.75, 3.05) is 9.80 Å². The number of rotatable bonds is 8. The molecular formula is C51H40N2. The van der Waals surface area contributed by atoms with Gasteiger partial charge in [-0.05, 0) is 117 Å². The largest absolute Gasteiger partial charge is 0.310 e. The van der Waals surface area contributed by atoms with Crippen molar-refractivity contribution in [2.45, 2.75) is 19.3 Å². The van der Waals surface area contributed by atoms with Crippen molar-refractivity contribution < 1.29 is 0 Å². The van der Waals surface area contributed by atoms with Crippen molar-refractivity contribution in [1.82, 2.24) is 0 Å². The molecule has 1 aliphatic carbocycles. The van der Waals surface area contributed by atoms with Gasteiger partial charge < -0.3 is 9.80 Å². The number of fused-ring (bicyclic) bond motifs is 3. The van der Waals surface area contributed by atoms with E-state index in [0.717, 1.165) is 34.1 Å². The molecule has 254 valence electrons. The van der Waals surface area contributed by atoms with Crippen LogP contribution >= 0.6 is 0 Å². The molecule has 0 unspecified atom stereocenters. The maximum Gasteiger partial charge on any atom is 0.0468 e. The van der Waals surface area contributed by atoms with E-state index in [1.54, 1.807) is 0 Å². The highest BCUT2D eigenvalue weighted by atomic mass is 15.1. The molecule has 0 saturated carbocycles. The van der Waals surface area contributed by atoms with Crippen molar-refractivity contribution in [3.05, 3.63) is 217 Å². The molecule has 0 N–H and O–H groups in total. The summed E-state index contributed by atoms with van der Waals surface area (Å²) in [6, 6.07) is 74.3. The van der Waals surface area contributed by atoms with Gasteiger partial charge in [0.2, 0.25) is 0 Å². The van der Waals surface area contributed by atoms with Crippen molar-refractivity contribution in [3.8, 4) is 33.4 Å². The number of hydrogen-bond donors (Lipinski definition) is 0. The van der Waals surface area contributed by atoms with Crippen molar-refractivity contribution in [2.24, 2.45) is 0 Å². The van der Waals surface area contributed by atoms with Crippen LogP contribution in [0.1, 0.15) is 25.0 Å². The normalized spacial score (nSPS) is 12.5. The second-order valence-corrected chi connectivity index (χ2v) is 14.3. The van der Waals surface area contributed by atoms with E-state index in [9.17, 15) is 0 Å². The van der Waals surface area contributed by atoms with Gasteiger partial charge in [0.25, 0.3) is 0 Å². The maximum atomic E-state index is 2.37. The van der Waals surface area contributed by atoms with Gasteiger partial charge in [0.05, 0.1) is 0 Å². The van der Waals surface area contributed by atoms with E-state index in [0.29, 0.717) is 0 Å². The first kappa shape index (κ1) is 32.3. The van der Waals surface area contributed by atoms with Gasteiger partial charge in [0.15, 0.2) is 0 Å². The Morgan fingerprint density at radius 2 is 0.679 bits per heavy atom. The molecule has 9 rings (SSSR count). The predicted molar refractivity (Wildman–Crippen MR) is 224 cm³/mol. The van der Waals surface area contributed by atoms with Crippen molar-refractivity contribution in [1.29, 1.82) is 0 Å². The molecule has 0 spiro atoms. The Balaban J connectivity index is 1.05. The first-order valence-electron chi connectivity index (χ1n) is 18.4. The standard InChI is InChI=1S/C51H40N2/c1-51(2)49-24-13-12-23-47(49)48-36-46(33-34-50(48)51)53(42-20-10-5-11-21-42)44-31-27-39(28-32-44)38-25-29-43(30-26-38)52(41-18-8-4-9-19-41)45-22-14-17-40(35-45)37-15-6-3-7-16-37/h3-36H,1-2H3. The molecule has 0 radical (unpaired) electrons. The van der Waals surface area contributed by atoms with Gasteiger partial charge in [-0.15, -0.1) is 0 Å². The van der Waals surface area contributed by atoms with E-state index in [1.165, 1.54) is 44.5 Å². The van der Waals surface area contributed by atoms with Gasteiger partial charge in [-0.2, -0.15) is 0 Å². The van der Waals surface area contributed by atoms with Crippen LogP contribution in [0.4, 0.5) is 34.1 Å². The minimum Gasteiger partial charge on any atom is -0.310 e. The van der Waals surface area contributed by atoms with Crippen LogP contribution < -0.4 is 9.80 Å². The average Bonchev–Trinajstić information content (AvgIpc) is 3.45. The highest BCUT2D eigenvalue weighted by molar-refractivity contribution is 5.87. The Bertz CT molecular complexity index is 2500. The summed E-state index contributed by atoms with van der Waals surface area (Å²) in [7, 11) is 0. The van der Waals surface area contributed by atoms with Gasteiger partial charge >= 0.3 is 0 Å². The van der Waals surface area contributed by atoms with Crippen molar-refractivity contribution >= 4 is 34.1 Å². The van der Waals surface area contributed by atoms with Crippen LogP contribution in [-0.2, 0) is 5.41 Å². The van der Waals surface area contributed by atoms with Crippen LogP contribution in [0, 0.1) is 0 Å². The lowest BCUT2D eigenvalue weighted by molar-refractivity contribution is 0.660. The Labute approximate surface area is 312 Å². The topological polar surface area (TPSA) is 6.48 Å². The smallest absolute Gasteiger partial charge is 0.0468 e. The summed E-state index contributed by atoms with van der Waals surface area (Å²) in [5.41, 5.74) is 16.9. The summed E-state index contributed by atoms with van der Waals surface area (Å²) in [6.07, 6.45) is 0. The number of nitrogens with zero attached hydrogens (tertiary/aromatic N) is 2. The summed E-state index contributed by atoms with van der Waals surface area (Å²) >= 11 is 0. The quantitative estimate of drug-likeness (QED) is 0.158. The zero-order chi connectivity index (χ0) is 35.8. The molecule has 2 nitrogen and oxygen atoms in total. The van der Waals surface area contributed by atoms with Crippen LogP contribution in [-0.4, -0.2) is 0 Å². The maximum absolute atomic E-state index is 2.37. The monoisotopic (exact) mass is 680 g/mol. The van der Waals surface area contributed by atoms with Crippen LogP contribution in [0.15, 0.2) is 206 Å². The average molecular weight is 681 g/mol. The van der Waals surface area contributed by atoms with Crippen LogP contribution in [0.3, 0.4) is 0 Å². The third-order valence-electron chi connectivity index (χ3n) is 10.6. The molecule has 8 aromatic rings. The molecule has 2 heteroatoms. The Kier molecular flexibility index (Phi) is 8.21. The first-order valence-corrected chi connectivity index (χ1v) is 18.4. The fraction of sp³-hybridized carbons (Fsp3) is 0.0588. The molecule has 0 aliphatic heterocycles. The molecule has 0 saturated heterocycles. The SMILES string of the molecule is CC1(C)c2ccccc2-c2cc(N(c3ccccc3)c3ccc(-c4ccc(N(c5ccccc5)c5cccc(-c6ccccc6)c5)cc4)cc3)ccc21. The third-order valence-corrected chi connectivity index (χ3v) is 10.6. The molecule has 0 heterocycles. The zero-order valence-electron chi connectivity index (χ0n) is 30.0. The zero-order valence-corrected chi connectivity index (χ0v) is 30.0. The minimum absolute atomic E-state index is 0.0242. The van der Waals surface area contributed by atoms with Gasteiger partial charge in [0, 0.05) is 39.5 Å². The Morgan fingerprint density at radius 1 is 0.283 bits per heavy atom. The second kappa shape index (κ2) is 13.5. The summed E-state index contributed by atoms with van der Waals surface area (Å²) < 4.78 is 0. The summed E-state index contributed by atoms with van der Waals surface area (Å²) in [5, 5.41) is 0. The van der Waals surface area contributed by atoms with Crippen LogP contribution in [0.25, 0.3) is 33.4 Å². The summed E-state index contributed by atoms with van der Waals surface area (Å²) in [5.74, 6) is 0. The van der Waals surface area contributed by atoms with Gasteiger partial charge in [-0.3, -0.25) is 0 Å². The number of para-hydroxylation sites is 2. The lowest BCUT2D eigenvalue weighted by Crippen LogP contribution is -2.15. The molecule has 8 aromatic carbocycles. The van der Waals surface area contributed by atoms with E-state index in [4.69, 9.17) is 0 Å². The van der Waals surface area contributed by atoms with E-state index in [-0.39, 0.29) is 5.41 Å². The molecule has 0 amide bonds. The summed E-state index contributed by atoms with van der Waals surface area (Å²) in [4.78, 5) is 4.69. The predicted octanol–water partition coefficient (Wildman–Crippen LogP) is 14.3. The fourth-order valence-electron chi connectivity index (χ4n) is 7.96. The van der Waals surface area contributed by atoms with Gasteiger partial charge in [-0.25, -0.2) is 0 Å². The molecule has 0 aromatic heterocycles. The first-order chi connectivity index (χ1) is 26.0.